The number of aryl methyl sites for hydroxylation is 2. The fourth-order valence-corrected chi connectivity index (χ4v) is 3.26. The summed E-state index contributed by atoms with van der Waals surface area (Å²) in [4.78, 5) is 40.5. The number of carbonyl (C=O) groups excluding carboxylic acids is 3. The number of rotatable bonds is 7. The van der Waals surface area contributed by atoms with Crippen LogP contribution in [0.25, 0.3) is 0 Å². The third kappa shape index (κ3) is 4.47. The number of aromatic nitrogens is 3. The quantitative estimate of drug-likeness (QED) is 0.287. The Hall–Kier alpha value is -3.15. The number of imidazole rings is 1. The summed E-state index contributed by atoms with van der Waals surface area (Å²) in [5.41, 5.74) is 1.15. The van der Waals surface area contributed by atoms with E-state index in [1.165, 1.54) is 4.57 Å². The molecule has 0 amide bonds. The van der Waals surface area contributed by atoms with E-state index in [-0.39, 0.29) is 23.0 Å². The summed E-state index contributed by atoms with van der Waals surface area (Å²) in [6.07, 6.45) is 0. The Morgan fingerprint density at radius 3 is 2.28 bits per heavy atom. The summed E-state index contributed by atoms with van der Waals surface area (Å²) in [7, 11) is 3.90. The summed E-state index contributed by atoms with van der Waals surface area (Å²) < 4.78 is 20.0. The molecule has 0 unspecified atom stereocenters. The van der Waals surface area contributed by atoms with Gasteiger partial charge in [-0.25, -0.2) is 9.78 Å². The van der Waals surface area contributed by atoms with Crippen LogP contribution in [0.2, 0.25) is 0 Å². The molecule has 0 aliphatic heterocycles. The maximum absolute atomic E-state index is 12.1. The SMILES string of the molecule is CCOC(=O)c1c(C)nsc1/N=N/c1c(C)nc(C(C(=O)OC)C(=O)OC)n1C. The molecule has 0 bridgehead atoms. The van der Waals surface area contributed by atoms with Gasteiger partial charge in [0.15, 0.2) is 10.8 Å². The highest BCUT2D eigenvalue weighted by Crippen LogP contribution is 2.32. The number of hydrogen-bond donors (Lipinski definition) is 0. The van der Waals surface area contributed by atoms with Gasteiger partial charge < -0.3 is 18.8 Å². The second kappa shape index (κ2) is 9.37. The molecular formula is C17H21N5O6S. The highest BCUT2D eigenvalue weighted by atomic mass is 32.1. The molecule has 0 atom stereocenters. The van der Waals surface area contributed by atoms with Gasteiger partial charge in [0.25, 0.3) is 0 Å². The van der Waals surface area contributed by atoms with Crippen LogP contribution in [0, 0.1) is 13.8 Å². The van der Waals surface area contributed by atoms with Gasteiger partial charge in [-0.15, -0.1) is 10.2 Å². The first-order valence-corrected chi connectivity index (χ1v) is 9.28. The molecule has 0 spiro atoms. The zero-order valence-electron chi connectivity index (χ0n) is 16.9. The molecule has 2 rings (SSSR count). The minimum atomic E-state index is -1.36. The summed E-state index contributed by atoms with van der Waals surface area (Å²) in [6.45, 7) is 5.24. The van der Waals surface area contributed by atoms with Crippen molar-refractivity contribution in [1.82, 2.24) is 13.9 Å². The fraction of sp³-hybridized carbons (Fsp3) is 0.471. The van der Waals surface area contributed by atoms with Crippen LogP contribution in [-0.2, 0) is 30.8 Å². The number of esters is 3. The molecule has 156 valence electrons. The molecule has 0 aliphatic rings. The van der Waals surface area contributed by atoms with Crippen molar-refractivity contribution >= 4 is 40.3 Å². The minimum Gasteiger partial charge on any atom is -0.468 e. The van der Waals surface area contributed by atoms with Crippen LogP contribution >= 0.6 is 11.5 Å². The first kappa shape index (κ1) is 22.1. The second-order valence-electron chi connectivity index (χ2n) is 5.79. The first-order chi connectivity index (χ1) is 13.8. The Balaban J connectivity index is 2.45. The van der Waals surface area contributed by atoms with Crippen LogP contribution in [0.4, 0.5) is 10.8 Å². The molecule has 0 aromatic carbocycles. The molecule has 29 heavy (non-hydrogen) atoms. The van der Waals surface area contributed by atoms with E-state index in [4.69, 9.17) is 4.74 Å². The number of methoxy groups -OCH3 is 2. The van der Waals surface area contributed by atoms with Gasteiger partial charge in [-0.2, -0.15) is 4.37 Å². The Morgan fingerprint density at radius 2 is 1.72 bits per heavy atom. The van der Waals surface area contributed by atoms with E-state index >= 15 is 0 Å². The zero-order chi connectivity index (χ0) is 21.7. The Morgan fingerprint density at radius 1 is 1.10 bits per heavy atom. The van der Waals surface area contributed by atoms with Gasteiger partial charge in [-0.3, -0.25) is 9.59 Å². The number of ether oxygens (including phenoxy) is 3. The van der Waals surface area contributed by atoms with Crippen LogP contribution in [0.15, 0.2) is 10.2 Å². The van der Waals surface area contributed by atoms with Crippen molar-refractivity contribution in [2.45, 2.75) is 26.7 Å². The molecule has 0 N–H and O–H groups in total. The number of azo groups is 1. The smallest absolute Gasteiger partial charge is 0.343 e. The van der Waals surface area contributed by atoms with Crippen molar-refractivity contribution in [2.75, 3.05) is 20.8 Å². The van der Waals surface area contributed by atoms with Crippen LogP contribution in [-0.4, -0.2) is 52.7 Å². The largest absolute Gasteiger partial charge is 0.468 e. The van der Waals surface area contributed by atoms with Gasteiger partial charge in [0, 0.05) is 7.05 Å². The Bertz CT molecular complexity index is 948. The Kier molecular flexibility index (Phi) is 7.15. The van der Waals surface area contributed by atoms with Gasteiger partial charge in [-0.05, 0) is 32.3 Å². The normalized spacial score (nSPS) is 11.1. The summed E-state index contributed by atoms with van der Waals surface area (Å²) in [5.74, 6) is -3.13. The molecular weight excluding hydrogens is 402 g/mol. The van der Waals surface area contributed by atoms with Crippen LogP contribution in [0.3, 0.4) is 0 Å². The lowest BCUT2D eigenvalue weighted by Crippen LogP contribution is -2.27. The molecule has 12 heteroatoms. The van der Waals surface area contributed by atoms with Gasteiger partial charge >= 0.3 is 17.9 Å². The summed E-state index contributed by atoms with van der Waals surface area (Å²) >= 11 is 1.00. The molecule has 0 radical (unpaired) electrons. The van der Waals surface area contributed by atoms with Crippen molar-refractivity contribution in [3.05, 3.63) is 22.8 Å². The van der Waals surface area contributed by atoms with E-state index in [1.807, 2.05) is 0 Å². The lowest BCUT2D eigenvalue weighted by Gasteiger charge is -2.12. The molecule has 0 fully saturated rings. The maximum Gasteiger partial charge on any atom is 0.343 e. The second-order valence-corrected chi connectivity index (χ2v) is 6.54. The average Bonchev–Trinajstić information content (AvgIpc) is 3.19. The monoisotopic (exact) mass is 423 g/mol. The topological polar surface area (TPSA) is 134 Å². The summed E-state index contributed by atoms with van der Waals surface area (Å²) in [6, 6.07) is 0. The van der Waals surface area contributed by atoms with E-state index < -0.39 is 23.8 Å². The van der Waals surface area contributed by atoms with E-state index in [9.17, 15) is 14.4 Å². The van der Waals surface area contributed by atoms with Gasteiger partial charge in [0.2, 0.25) is 5.92 Å². The van der Waals surface area contributed by atoms with Gasteiger partial charge in [0.1, 0.15) is 11.4 Å². The van der Waals surface area contributed by atoms with E-state index in [2.05, 4.69) is 29.1 Å². The van der Waals surface area contributed by atoms with E-state index in [0.29, 0.717) is 17.2 Å². The standard InChI is InChI=1S/C17H21N5O6S/c1-7-28-17(25)10-8(2)21-29-14(10)20-19-12-9(3)18-13(22(12)4)11(15(23)26-5)16(24)27-6/h11H,7H2,1-6H3/b20-19+. The predicted molar refractivity (Wildman–Crippen MR) is 102 cm³/mol. The van der Waals surface area contributed by atoms with E-state index in [1.54, 1.807) is 27.8 Å². The number of nitrogens with zero attached hydrogens (tertiary/aromatic N) is 5. The zero-order valence-corrected chi connectivity index (χ0v) is 17.7. The van der Waals surface area contributed by atoms with Crippen molar-refractivity contribution in [3.8, 4) is 0 Å². The third-order valence-electron chi connectivity index (χ3n) is 3.96. The van der Waals surface area contributed by atoms with Crippen molar-refractivity contribution in [2.24, 2.45) is 17.3 Å². The van der Waals surface area contributed by atoms with Crippen LogP contribution in [0.1, 0.15) is 40.4 Å². The molecule has 0 aliphatic carbocycles. The fourth-order valence-electron chi connectivity index (χ4n) is 2.55. The van der Waals surface area contributed by atoms with E-state index in [0.717, 1.165) is 25.8 Å². The predicted octanol–water partition coefficient (Wildman–Crippen LogP) is 2.52. The summed E-state index contributed by atoms with van der Waals surface area (Å²) in [5, 5.41) is 8.54. The average molecular weight is 423 g/mol. The maximum atomic E-state index is 12.1. The van der Waals surface area contributed by atoms with Crippen molar-refractivity contribution in [1.29, 1.82) is 0 Å². The van der Waals surface area contributed by atoms with Crippen molar-refractivity contribution < 1.29 is 28.6 Å². The molecule has 0 saturated carbocycles. The molecule has 2 aromatic heterocycles. The molecule has 0 saturated heterocycles. The van der Waals surface area contributed by atoms with Gasteiger partial charge in [0.05, 0.1) is 32.2 Å². The number of carbonyl (C=O) groups is 3. The number of hydrogen-bond acceptors (Lipinski definition) is 11. The van der Waals surface area contributed by atoms with Gasteiger partial charge in [-0.1, -0.05) is 0 Å². The third-order valence-corrected chi connectivity index (χ3v) is 4.78. The highest BCUT2D eigenvalue weighted by molar-refractivity contribution is 7.10. The molecule has 2 aromatic rings. The highest BCUT2D eigenvalue weighted by Gasteiger charge is 2.35. The van der Waals surface area contributed by atoms with Crippen LogP contribution < -0.4 is 0 Å². The molecule has 2 heterocycles. The lowest BCUT2D eigenvalue weighted by molar-refractivity contribution is -0.154. The molecule has 11 nitrogen and oxygen atoms in total. The minimum absolute atomic E-state index is 0.0984. The van der Waals surface area contributed by atoms with Crippen molar-refractivity contribution in [3.63, 3.8) is 0 Å². The Labute approximate surface area is 170 Å². The first-order valence-electron chi connectivity index (χ1n) is 8.50. The lowest BCUT2D eigenvalue weighted by atomic mass is 10.1. The van der Waals surface area contributed by atoms with Crippen LogP contribution in [0.5, 0.6) is 0 Å².